The van der Waals surface area contributed by atoms with E-state index in [1.54, 1.807) is 23.3 Å². The predicted octanol–water partition coefficient (Wildman–Crippen LogP) is 4.20. The van der Waals surface area contributed by atoms with Crippen LogP contribution in [0, 0.1) is 34.5 Å². The molecule has 5 rings (SSSR count). The first-order valence-electron chi connectivity index (χ1n) is 15.6. The molecule has 10 heteroatoms. The molecule has 1 aromatic heterocycles. The quantitative estimate of drug-likeness (QED) is 0.463. The highest BCUT2D eigenvalue weighted by molar-refractivity contribution is 7.15. The molecule has 1 saturated heterocycles. The minimum absolute atomic E-state index is 0.000862. The van der Waals surface area contributed by atoms with Gasteiger partial charge in [-0.2, -0.15) is 5.26 Å². The first-order chi connectivity index (χ1) is 20.5. The van der Waals surface area contributed by atoms with E-state index in [9.17, 15) is 14.7 Å². The maximum Gasteiger partial charge on any atom is 0.257 e. The first kappa shape index (κ1) is 31.6. The van der Waals surface area contributed by atoms with Crippen molar-refractivity contribution in [3.05, 3.63) is 46.0 Å². The lowest BCUT2D eigenvalue weighted by Gasteiger charge is -2.53. The number of nitrogens with zero attached hydrogens (tertiary/aromatic N) is 5. The molecule has 0 bridgehead atoms. The first-order valence-corrected chi connectivity index (χ1v) is 16.4. The normalized spacial score (nSPS) is 28.3. The summed E-state index contributed by atoms with van der Waals surface area (Å²) in [4.78, 5) is 38.7. The number of amides is 2. The number of fused-ring (bicyclic) bond motifs is 2. The van der Waals surface area contributed by atoms with Crippen LogP contribution in [0.25, 0.3) is 0 Å². The summed E-state index contributed by atoms with van der Waals surface area (Å²) in [6.45, 7) is 11.9. The number of carbonyl (C=O) groups excluding carboxylic acids is 2. The van der Waals surface area contributed by atoms with Gasteiger partial charge in [0, 0.05) is 68.6 Å². The van der Waals surface area contributed by atoms with Gasteiger partial charge in [-0.25, -0.2) is 4.98 Å². The number of rotatable bonds is 8. The molecular weight excluding hydrogens is 560 g/mol. The Kier molecular flexibility index (Phi) is 9.57. The molecule has 2 aliphatic carbocycles. The third kappa shape index (κ3) is 6.65. The number of hydrogen-bond donors (Lipinski definition) is 2. The monoisotopic (exact) mass is 606 g/mol. The molecule has 9 nitrogen and oxygen atoms in total. The highest BCUT2D eigenvalue weighted by Crippen LogP contribution is 2.57. The zero-order chi connectivity index (χ0) is 30.9. The Morgan fingerprint density at radius 1 is 1.26 bits per heavy atom. The van der Waals surface area contributed by atoms with Crippen molar-refractivity contribution in [1.29, 1.82) is 5.26 Å². The summed E-state index contributed by atoms with van der Waals surface area (Å²) in [5.74, 6) is -0.677. The number of aliphatic hydroxyl groups is 1. The van der Waals surface area contributed by atoms with Crippen LogP contribution in [0.5, 0.6) is 0 Å². The number of likely N-dealkylation sites (N-methyl/N-ethyl adjacent to an activating group) is 1. The van der Waals surface area contributed by atoms with Crippen molar-refractivity contribution >= 4 is 28.3 Å². The fourth-order valence-corrected chi connectivity index (χ4v) is 8.91. The van der Waals surface area contributed by atoms with Gasteiger partial charge in [-0.3, -0.25) is 19.8 Å². The zero-order valence-electron chi connectivity index (χ0n) is 26.2. The molecule has 2 fully saturated rings. The van der Waals surface area contributed by atoms with E-state index < -0.39 is 6.10 Å². The summed E-state index contributed by atoms with van der Waals surface area (Å²) < 4.78 is 0. The van der Waals surface area contributed by atoms with Crippen LogP contribution in [-0.2, 0) is 17.8 Å². The Bertz CT molecular complexity index is 1350. The number of nitriles is 1. The Morgan fingerprint density at radius 3 is 2.63 bits per heavy atom. The van der Waals surface area contributed by atoms with E-state index in [1.165, 1.54) is 10.4 Å². The maximum atomic E-state index is 13.2. The van der Waals surface area contributed by atoms with Gasteiger partial charge >= 0.3 is 0 Å². The van der Waals surface area contributed by atoms with E-state index in [0.717, 1.165) is 57.7 Å². The number of carbonyl (C=O) groups is 2. The average Bonchev–Trinajstić information content (AvgIpc) is 3.38. The van der Waals surface area contributed by atoms with Crippen LogP contribution in [0.15, 0.2) is 24.3 Å². The Balaban J connectivity index is 1.24. The van der Waals surface area contributed by atoms with Crippen LogP contribution in [0.4, 0.5) is 5.13 Å². The van der Waals surface area contributed by atoms with Crippen molar-refractivity contribution < 1.29 is 14.7 Å². The van der Waals surface area contributed by atoms with E-state index in [0.29, 0.717) is 23.7 Å². The predicted molar refractivity (Wildman–Crippen MR) is 169 cm³/mol. The second-order valence-electron chi connectivity index (χ2n) is 13.4. The SMILES string of the molecule is C[C@H](C(=O)N(C)CCC#N)[C@@H]1CC[C@]2(C)Cc3sc(NC(=O)c4ccc(CN5CCN(C)CC5)cc4)nc3[C@@H](C)[C@@H]2[C@H]1O. The summed E-state index contributed by atoms with van der Waals surface area (Å²) >= 11 is 1.55. The molecule has 2 heterocycles. The summed E-state index contributed by atoms with van der Waals surface area (Å²) in [6.07, 6.45) is 2.17. The number of aromatic nitrogens is 1. The smallest absolute Gasteiger partial charge is 0.257 e. The molecule has 2 amide bonds. The molecule has 1 aromatic carbocycles. The maximum absolute atomic E-state index is 13.2. The fraction of sp³-hybridized carbons (Fsp3) is 0.636. The van der Waals surface area contributed by atoms with Gasteiger partial charge in [0.25, 0.3) is 5.91 Å². The highest BCUT2D eigenvalue weighted by Gasteiger charge is 2.54. The summed E-state index contributed by atoms with van der Waals surface area (Å²) in [6, 6.07) is 9.96. The van der Waals surface area contributed by atoms with Gasteiger partial charge in [-0.1, -0.05) is 32.9 Å². The second kappa shape index (κ2) is 13.0. The number of thiazole rings is 1. The van der Waals surface area contributed by atoms with Crippen molar-refractivity contribution in [3.8, 4) is 6.07 Å². The molecule has 2 aromatic rings. The number of piperazine rings is 1. The van der Waals surface area contributed by atoms with Gasteiger partial charge in [0.2, 0.25) is 5.91 Å². The molecule has 1 saturated carbocycles. The molecule has 0 spiro atoms. The minimum Gasteiger partial charge on any atom is -0.392 e. The van der Waals surface area contributed by atoms with Crippen LogP contribution >= 0.6 is 11.3 Å². The summed E-state index contributed by atoms with van der Waals surface area (Å²) in [5.41, 5.74) is 2.67. The van der Waals surface area contributed by atoms with Gasteiger partial charge in [-0.15, -0.1) is 11.3 Å². The molecule has 0 unspecified atom stereocenters. The molecule has 43 heavy (non-hydrogen) atoms. The molecule has 232 valence electrons. The van der Waals surface area contributed by atoms with Gasteiger partial charge in [0.15, 0.2) is 5.13 Å². The van der Waals surface area contributed by atoms with E-state index >= 15 is 0 Å². The van der Waals surface area contributed by atoms with Crippen LogP contribution in [0.1, 0.15) is 72.4 Å². The van der Waals surface area contributed by atoms with E-state index in [2.05, 4.69) is 42.1 Å². The van der Waals surface area contributed by atoms with E-state index in [-0.39, 0.29) is 40.9 Å². The van der Waals surface area contributed by atoms with Crippen LogP contribution in [0.3, 0.4) is 0 Å². The van der Waals surface area contributed by atoms with Crippen molar-refractivity contribution in [2.24, 2.45) is 23.2 Å². The number of hydrogen-bond acceptors (Lipinski definition) is 8. The zero-order valence-corrected chi connectivity index (χ0v) is 27.0. The minimum atomic E-state index is -0.630. The molecule has 3 aliphatic rings. The number of benzene rings is 1. The largest absolute Gasteiger partial charge is 0.392 e. The van der Waals surface area contributed by atoms with Gasteiger partial charge in [0.05, 0.1) is 24.3 Å². The fourth-order valence-electron chi connectivity index (χ4n) is 7.65. The molecule has 2 N–H and O–H groups in total. The Morgan fingerprint density at radius 2 is 1.95 bits per heavy atom. The van der Waals surface area contributed by atoms with Crippen LogP contribution < -0.4 is 5.32 Å². The van der Waals surface area contributed by atoms with Crippen LogP contribution in [0.2, 0.25) is 0 Å². The lowest BCUT2D eigenvalue weighted by Crippen LogP contribution is -2.53. The number of aliphatic hydroxyl groups excluding tert-OH is 1. The van der Waals surface area contributed by atoms with E-state index in [1.807, 2.05) is 31.2 Å². The lowest BCUT2D eigenvalue weighted by molar-refractivity contribution is -0.143. The second-order valence-corrected chi connectivity index (χ2v) is 14.4. The third-order valence-corrected chi connectivity index (χ3v) is 11.3. The number of nitrogens with one attached hydrogen (secondary N) is 1. The lowest BCUT2D eigenvalue weighted by atomic mass is 9.53. The van der Waals surface area contributed by atoms with Crippen molar-refractivity contribution in [2.45, 2.75) is 65.0 Å². The van der Waals surface area contributed by atoms with E-state index in [4.69, 9.17) is 10.2 Å². The molecule has 1 aliphatic heterocycles. The highest BCUT2D eigenvalue weighted by atomic mass is 32.1. The van der Waals surface area contributed by atoms with Crippen molar-refractivity contribution in [1.82, 2.24) is 19.7 Å². The molecule has 6 atom stereocenters. The van der Waals surface area contributed by atoms with Crippen molar-refractivity contribution in [3.63, 3.8) is 0 Å². The van der Waals surface area contributed by atoms with Crippen LogP contribution in [-0.4, -0.2) is 89.5 Å². The van der Waals surface area contributed by atoms with Gasteiger partial charge < -0.3 is 14.9 Å². The van der Waals surface area contributed by atoms with Gasteiger partial charge in [-0.05, 0) is 61.3 Å². The third-order valence-electron chi connectivity index (χ3n) is 10.3. The summed E-state index contributed by atoms with van der Waals surface area (Å²) in [5, 5.41) is 24.3. The Labute approximate surface area is 259 Å². The standard InChI is InChI=1S/C33H46N6O3S/c1-21(31(42)38(5)14-6-13-34)25-11-12-33(3)19-26-28(22(2)27(33)29(25)40)35-32(43-26)36-30(41)24-9-7-23(8-10-24)20-39-17-15-37(4)16-18-39/h7-10,21-22,25,27,29,40H,6,11-12,14-20H2,1-5H3,(H,35,36,41)/t21-,22-,25-,27+,29-,33+/m0/s1. The summed E-state index contributed by atoms with van der Waals surface area (Å²) in [7, 11) is 3.89. The molecule has 0 radical (unpaired) electrons. The van der Waals surface area contributed by atoms with Gasteiger partial charge in [0.1, 0.15) is 0 Å². The van der Waals surface area contributed by atoms with Crippen molar-refractivity contribution in [2.75, 3.05) is 52.1 Å². The average molecular weight is 607 g/mol. The Hall–Kier alpha value is -2.84. The number of anilines is 1. The molecular formula is C33H46N6O3S. The topological polar surface area (TPSA) is 113 Å².